The summed E-state index contributed by atoms with van der Waals surface area (Å²) in [6, 6.07) is 13.3. The Morgan fingerprint density at radius 1 is 1.10 bits per heavy atom. The van der Waals surface area contributed by atoms with Crippen LogP contribution in [0.3, 0.4) is 0 Å². The maximum atomic E-state index is 12.4. The number of rotatable bonds is 7. The van der Waals surface area contributed by atoms with Crippen LogP contribution >= 0.6 is 7.82 Å². The Balaban J connectivity index is 2.23. The highest BCUT2D eigenvalue weighted by atomic mass is 31.2. The van der Waals surface area contributed by atoms with Crippen LogP contribution in [0, 0.1) is 0 Å². The predicted molar refractivity (Wildman–Crippen MR) is 80.1 cm³/mol. The van der Waals surface area contributed by atoms with Gasteiger partial charge in [-0.25, -0.2) is 4.57 Å². The second-order valence-electron chi connectivity index (χ2n) is 4.39. The topological polar surface area (TPSA) is 44.8 Å². The van der Waals surface area contributed by atoms with E-state index in [1.165, 1.54) is 7.11 Å². The van der Waals surface area contributed by atoms with Crippen molar-refractivity contribution in [3.63, 3.8) is 0 Å². The summed E-state index contributed by atoms with van der Waals surface area (Å²) < 4.78 is 28.2. The van der Waals surface area contributed by atoms with Gasteiger partial charge in [-0.3, -0.25) is 9.05 Å². The van der Waals surface area contributed by atoms with E-state index in [0.717, 1.165) is 23.6 Å². The molecule has 0 N–H and O–H groups in total. The zero-order valence-corrected chi connectivity index (χ0v) is 12.6. The molecule has 1 atom stereocenters. The van der Waals surface area contributed by atoms with Crippen LogP contribution in [0.4, 0.5) is 0 Å². The van der Waals surface area contributed by atoms with Crippen LogP contribution in [0.2, 0.25) is 0 Å². The van der Waals surface area contributed by atoms with Gasteiger partial charge in [0.1, 0.15) is 5.75 Å². The molecule has 0 bridgehead atoms. The van der Waals surface area contributed by atoms with Crippen LogP contribution in [0.5, 0.6) is 5.75 Å². The molecule has 0 spiro atoms. The number of hydrogen-bond donors (Lipinski definition) is 0. The van der Waals surface area contributed by atoms with E-state index in [-0.39, 0.29) is 0 Å². The molecule has 0 aromatic heterocycles. The number of benzene rings is 2. The fourth-order valence-corrected chi connectivity index (χ4v) is 2.82. The van der Waals surface area contributed by atoms with Gasteiger partial charge in [-0.05, 0) is 17.9 Å². The molecular formula is C15H19O4P. The lowest BCUT2D eigenvalue weighted by Crippen LogP contribution is -2.02. The molecule has 0 saturated heterocycles. The Hall–Kier alpha value is -1.35. The van der Waals surface area contributed by atoms with Crippen LogP contribution in [-0.2, 0) is 13.6 Å². The minimum Gasteiger partial charge on any atom is -0.403 e. The third kappa shape index (κ3) is 3.60. The van der Waals surface area contributed by atoms with Gasteiger partial charge in [0.2, 0.25) is 0 Å². The Kier molecular flexibility index (Phi) is 5.18. The van der Waals surface area contributed by atoms with Crippen LogP contribution in [-0.4, -0.2) is 13.7 Å². The molecule has 0 aliphatic rings. The molecule has 0 amide bonds. The lowest BCUT2D eigenvalue weighted by atomic mass is 10.1. The number of phosphoric acid groups is 1. The molecule has 0 radical (unpaired) electrons. The molecule has 2 aromatic carbocycles. The van der Waals surface area contributed by atoms with Gasteiger partial charge in [-0.2, -0.15) is 0 Å². The minimum absolute atomic E-state index is 0.354. The molecule has 0 aliphatic heterocycles. The van der Waals surface area contributed by atoms with E-state index < -0.39 is 7.82 Å². The van der Waals surface area contributed by atoms with Gasteiger partial charge in [-0.1, -0.05) is 49.7 Å². The van der Waals surface area contributed by atoms with Crippen molar-refractivity contribution in [1.29, 1.82) is 0 Å². The summed E-state index contributed by atoms with van der Waals surface area (Å²) in [7, 11) is -2.22. The van der Waals surface area contributed by atoms with Gasteiger partial charge >= 0.3 is 7.82 Å². The Morgan fingerprint density at radius 3 is 2.60 bits per heavy atom. The van der Waals surface area contributed by atoms with Crippen molar-refractivity contribution in [1.82, 2.24) is 0 Å². The van der Waals surface area contributed by atoms with Gasteiger partial charge in [0, 0.05) is 12.5 Å². The van der Waals surface area contributed by atoms with Crippen molar-refractivity contribution in [3.8, 4) is 5.75 Å². The molecule has 20 heavy (non-hydrogen) atoms. The molecule has 5 heteroatoms. The highest BCUT2D eigenvalue weighted by molar-refractivity contribution is 7.48. The highest BCUT2D eigenvalue weighted by Gasteiger charge is 2.27. The fraction of sp³-hybridized carbons (Fsp3) is 0.333. The molecule has 4 nitrogen and oxygen atoms in total. The van der Waals surface area contributed by atoms with Crippen LogP contribution in [0.1, 0.15) is 19.8 Å². The van der Waals surface area contributed by atoms with Crippen LogP contribution in [0.25, 0.3) is 10.8 Å². The average Bonchev–Trinajstić information content (AvgIpc) is 2.48. The third-order valence-corrected chi connectivity index (χ3v) is 4.30. The van der Waals surface area contributed by atoms with Gasteiger partial charge < -0.3 is 4.52 Å². The molecule has 0 fully saturated rings. The summed E-state index contributed by atoms with van der Waals surface area (Å²) in [5.74, 6) is 0.504. The molecule has 0 saturated carbocycles. The van der Waals surface area contributed by atoms with Crippen LogP contribution in [0.15, 0.2) is 42.5 Å². The molecule has 1 unspecified atom stereocenters. The monoisotopic (exact) mass is 294 g/mol. The summed E-state index contributed by atoms with van der Waals surface area (Å²) in [4.78, 5) is 0. The first-order chi connectivity index (χ1) is 9.68. The smallest absolute Gasteiger partial charge is 0.403 e. The second kappa shape index (κ2) is 6.89. The summed E-state index contributed by atoms with van der Waals surface area (Å²) >= 11 is 0. The van der Waals surface area contributed by atoms with Gasteiger partial charge in [0.15, 0.2) is 0 Å². The number of fused-ring (bicyclic) bond motifs is 1. The lowest BCUT2D eigenvalue weighted by Gasteiger charge is -2.17. The molecule has 0 aliphatic carbocycles. The SMILES string of the molecule is CCCCOP(=O)(OC)Oc1cccc2ccccc12. The predicted octanol–water partition coefficient (Wildman–Crippen LogP) is 4.79. The van der Waals surface area contributed by atoms with E-state index in [4.69, 9.17) is 13.6 Å². The Labute approximate surface area is 119 Å². The molecule has 108 valence electrons. The number of unbranched alkanes of at least 4 members (excludes halogenated alkanes) is 1. The standard InChI is InChI=1S/C15H19O4P/c1-3-4-12-18-20(16,17-2)19-15-11-7-9-13-8-5-6-10-14(13)15/h5-11H,3-4,12H2,1-2H3. The Morgan fingerprint density at radius 2 is 1.85 bits per heavy atom. The van der Waals surface area contributed by atoms with Gasteiger partial charge in [-0.15, -0.1) is 0 Å². The lowest BCUT2D eigenvalue weighted by molar-refractivity contribution is 0.178. The highest BCUT2D eigenvalue weighted by Crippen LogP contribution is 2.50. The van der Waals surface area contributed by atoms with Gasteiger partial charge in [0.25, 0.3) is 0 Å². The fourth-order valence-electron chi connectivity index (χ4n) is 1.83. The van der Waals surface area contributed by atoms with E-state index in [1.807, 2.05) is 43.3 Å². The van der Waals surface area contributed by atoms with Crippen molar-refractivity contribution >= 4 is 18.6 Å². The van der Waals surface area contributed by atoms with E-state index >= 15 is 0 Å². The molecular weight excluding hydrogens is 275 g/mol. The summed E-state index contributed by atoms with van der Waals surface area (Å²) in [6.07, 6.45) is 1.77. The van der Waals surface area contributed by atoms with E-state index in [2.05, 4.69) is 0 Å². The first-order valence-corrected chi connectivity index (χ1v) is 8.12. The van der Waals surface area contributed by atoms with Crippen molar-refractivity contribution in [2.45, 2.75) is 19.8 Å². The van der Waals surface area contributed by atoms with Gasteiger partial charge in [0.05, 0.1) is 6.61 Å². The summed E-state index contributed by atoms with van der Waals surface area (Å²) in [6.45, 7) is 2.39. The second-order valence-corrected chi connectivity index (χ2v) is 6.09. The van der Waals surface area contributed by atoms with E-state index in [0.29, 0.717) is 12.4 Å². The average molecular weight is 294 g/mol. The maximum Gasteiger partial charge on any atom is 0.529 e. The first kappa shape index (κ1) is 15.0. The van der Waals surface area contributed by atoms with Crippen molar-refractivity contribution < 1.29 is 18.1 Å². The molecule has 2 aromatic rings. The first-order valence-electron chi connectivity index (χ1n) is 6.66. The zero-order chi connectivity index (χ0) is 14.4. The van der Waals surface area contributed by atoms with Crippen molar-refractivity contribution in [3.05, 3.63) is 42.5 Å². The normalized spacial score (nSPS) is 14.1. The van der Waals surface area contributed by atoms with E-state index in [9.17, 15) is 4.57 Å². The largest absolute Gasteiger partial charge is 0.529 e. The Bertz CT molecular complexity index is 606. The summed E-state index contributed by atoms with van der Waals surface area (Å²) in [5, 5.41) is 1.90. The number of hydrogen-bond acceptors (Lipinski definition) is 4. The summed E-state index contributed by atoms with van der Waals surface area (Å²) in [5.41, 5.74) is 0. The molecule has 0 heterocycles. The van der Waals surface area contributed by atoms with Crippen molar-refractivity contribution in [2.75, 3.05) is 13.7 Å². The maximum absolute atomic E-state index is 12.4. The number of phosphoric ester groups is 1. The third-order valence-electron chi connectivity index (χ3n) is 2.93. The van der Waals surface area contributed by atoms with Crippen LogP contribution < -0.4 is 4.52 Å². The van der Waals surface area contributed by atoms with E-state index in [1.54, 1.807) is 6.07 Å². The minimum atomic E-state index is -3.56. The zero-order valence-electron chi connectivity index (χ0n) is 11.7. The quantitative estimate of drug-likeness (QED) is 0.544. The van der Waals surface area contributed by atoms with Crippen molar-refractivity contribution in [2.24, 2.45) is 0 Å². The molecule has 2 rings (SSSR count).